The molecule has 0 aliphatic heterocycles. The fourth-order valence-corrected chi connectivity index (χ4v) is 4.96. The highest BCUT2D eigenvalue weighted by Gasteiger charge is 2.32. The van der Waals surface area contributed by atoms with Gasteiger partial charge in [0.2, 0.25) is 0 Å². The Kier molecular flexibility index (Phi) is 3.98. The van der Waals surface area contributed by atoms with Gasteiger partial charge in [0.15, 0.2) is 0 Å². The number of carboxylic acid groups (broad SMARTS) is 1. The number of carbonyl (C=O) groups is 1. The largest absolute Gasteiger partial charge is 0.477 e. The molecule has 2 rings (SSSR count). The molecule has 1 aromatic heterocycles. The van der Waals surface area contributed by atoms with Crippen LogP contribution in [0.25, 0.3) is 0 Å². The highest BCUT2D eigenvalue weighted by atomic mass is 32.2. The summed E-state index contributed by atoms with van der Waals surface area (Å²) in [7, 11) is -3.55. The van der Waals surface area contributed by atoms with Crippen LogP contribution in [0, 0.1) is 12.8 Å². The molecule has 0 unspecified atom stereocenters. The smallest absolute Gasteiger partial charge is 0.346 e. The topological polar surface area (TPSA) is 74.7 Å². The van der Waals surface area contributed by atoms with Gasteiger partial charge in [-0.2, -0.15) is 4.31 Å². The molecule has 5 nitrogen and oxygen atoms in total. The summed E-state index contributed by atoms with van der Waals surface area (Å²) in [4.78, 5) is 11.1. The van der Waals surface area contributed by atoms with Crippen LogP contribution in [-0.2, 0) is 10.0 Å². The maximum Gasteiger partial charge on any atom is 0.346 e. The van der Waals surface area contributed by atoms with Crippen LogP contribution in [0.5, 0.6) is 0 Å². The molecule has 19 heavy (non-hydrogen) atoms. The molecule has 1 heterocycles. The first-order valence-electron chi connectivity index (χ1n) is 6.20. The number of nitrogens with zero attached hydrogens (tertiary/aromatic N) is 1. The number of aryl methyl sites for hydroxylation is 1. The molecule has 0 radical (unpaired) electrons. The normalized spacial score (nSPS) is 15.9. The first-order chi connectivity index (χ1) is 8.86. The lowest BCUT2D eigenvalue weighted by Gasteiger charge is -2.19. The Hall–Kier alpha value is -0.920. The van der Waals surface area contributed by atoms with Gasteiger partial charge in [-0.15, -0.1) is 11.3 Å². The maximum atomic E-state index is 12.5. The minimum absolute atomic E-state index is 0.0982. The second kappa shape index (κ2) is 5.22. The Morgan fingerprint density at radius 1 is 1.53 bits per heavy atom. The Morgan fingerprint density at radius 3 is 2.58 bits per heavy atom. The minimum Gasteiger partial charge on any atom is -0.477 e. The molecule has 0 atom stereocenters. The van der Waals surface area contributed by atoms with Crippen molar-refractivity contribution in [2.75, 3.05) is 13.1 Å². The van der Waals surface area contributed by atoms with E-state index in [1.807, 2.05) is 0 Å². The molecule has 1 aliphatic carbocycles. The summed E-state index contributed by atoms with van der Waals surface area (Å²) in [6, 6.07) is 1.46. The third-order valence-electron chi connectivity index (χ3n) is 3.20. The lowest BCUT2D eigenvalue weighted by atomic mass is 10.3. The van der Waals surface area contributed by atoms with E-state index in [0.29, 0.717) is 24.6 Å². The summed E-state index contributed by atoms with van der Waals surface area (Å²) >= 11 is 0.837. The van der Waals surface area contributed by atoms with Crippen molar-refractivity contribution >= 4 is 27.3 Å². The maximum absolute atomic E-state index is 12.5. The van der Waals surface area contributed by atoms with E-state index in [2.05, 4.69) is 0 Å². The number of carboxylic acids is 1. The van der Waals surface area contributed by atoms with Gasteiger partial charge in [-0.25, -0.2) is 13.2 Å². The summed E-state index contributed by atoms with van der Waals surface area (Å²) in [5.41, 5.74) is 0.499. The van der Waals surface area contributed by atoms with Crippen LogP contribution < -0.4 is 0 Å². The summed E-state index contributed by atoms with van der Waals surface area (Å²) in [5, 5.41) is 9.00. The van der Waals surface area contributed by atoms with Gasteiger partial charge in [-0.1, -0.05) is 6.92 Å². The number of thiophene rings is 1. The molecular formula is C12H17NO4S2. The molecule has 7 heteroatoms. The van der Waals surface area contributed by atoms with Gasteiger partial charge >= 0.3 is 5.97 Å². The molecule has 0 spiro atoms. The summed E-state index contributed by atoms with van der Waals surface area (Å²) in [6.07, 6.45) is 2.16. The van der Waals surface area contributed by atoms with Crippen molar-refractivity contribution in [1.82, 2.24) is 4.31 Å². The van der Waals surface area contributed by atoms with Crippen LogP contribution in [0.2, 0.25) is 0 Å². The van der Waals surface area contributed by atoms with E-state index in [1.165, 1.54) is 10.4 Å². The van der Waals surface area contributed by atoms with E-state index in [1.54, 1.807) is 13.8 Å². The van der Waals surface area contributed by atoms with Gasteiger partial charge in [0.1, 0.15) is 9.09 Å². The highest BCUT2D eigenvalue weighted by molar-refractivity contribution is 7.91. The van der Waals surface area contributed by atoms with Crippen molar-refractivity contribution in [2.45, 2.75) is 30.9 Å². The summed E-state index contributed by atoms with van der Waals surface area (Å²) < 4.78 is 26.5. The van der Waals surface area contributed by atoms with E-state index < -0.39 is 16.0 Å². The monoisotopic (exact) mass is 303 g/mol. The van der Waals surface area contributed by atoms with Gasteiger partial charge in [0, 0.05) is 13.1 Å². The lowest BCUT2D eigenvalue weighted by molar-refractivity contribution is 0.0701. The average Bonchev–Trinajstić information content (AvgIpc) is 3.06. The van der Waals surface area contributed by atoms with Crippen molar-refractivity contribution < 1.29 is 18.3 Å². The Morgan fingerprint density at radius 2 is 2.16 bits per heavy atom. The molecule has 1 N–H and O–H groups in total. The molecule has 0 saturated heterocycles. The summed E-state index contributed by atoms with van der Waals surface area (Å²) in [5.74, 6) is -0.607. The van der Waals surface area contributed by atoms with Gasteiger partial charge in [0.25, 0.3) is 10.0 Å². The van der Waals surface area contributed by atoms with Gasteiger partial charge < -0.3 is 5.11 Å². The van der Waals surface area contributed by atoms with E-state index in [-0.39, 0.29) is 9.09 Å². The lowest BCUT2D eigenvalue weighted by Crippen LogP contribution is -2.32. The van der Waals surface area contributed by atoms with Gasteiger partial charge in [0.05, 0.1) is 0 Å². The fourth-order valence-electron chi connectivity index (χ4n) is 1.91. The molecule has 0 bridgehead atoms. The van der Waals surface area contributed by atoms with Crippen LogP contribution in [0.3, 0.4) is 0 Å². The van der Waals surface area contributed by atoms with Crippen molar-refractivity contribution in [2.24, 2.45) is 5.92 Å². The van der Waals surface area contributed by atoms with E-state index in [0.717, 1.165) is 24.2 Å². The second-order valence-electron chi connectivity index (χ2n) is 4.78. The van der Waals surface area contributed by atoms with E-state index in [4.69, 9.17) is 5.11 Å². The van der Waals surface area contributed by atoms with E-state index >= 15 is 0 Å². The predicted octanol–water partition coefficient (Wildman–Crippen LogP) is 2.18. The Bertz CT molecular complexity index is 587. The average molecular weight is 303 g/mol. The number of sulfonamides is 1. The molecule has 1 aromatic rings. The quantitative estimate of drug-likeness (QED) is 0.874. The fraction of sp³-hybridized carbons (Fsp3) is 0.583. The molecule has 0 amide bonds. The minimum atomic E-state index is -3.55. The first-order valence-corrected chi connectivity index (χ1v) is 8.45. The predicted molar refractivity (Wildman–Crippen MR) is 73.2 cm³/mol. The molecule has 1 fully saturated rings. The van der Waals surface area contributed by atoms with Crippen molar-refractivity contribution in [1.29, 1.82) is 0 Å². The van der Waals surface area contributed by atoms with Crippen molar-refractivity contribution in [3.63, 3.8) is 0 Å². The van der Waals surface area contributed by atoms with Crippen LogP contribution >= 0.6 is 11.3 Å². The highest BCUT2D eigenvalue weighted by Crippen LogP contribution is 2.33. The molecule has 1 aliphatic rings. The Balaban J connectivity index is 2.31. The van der Waals surface area contributed by atoms with Gasteiger partial charge in [-0.05, 0) is 37.3 Å². The van der Waals surface area contributed by atoms with Gasteiger partial charge in [-0.3, -0.25) is 0 Å². The second-order valence-corrected chi connectivity index (χ2v) is 8.00. The molecule has 106 valence electrons. The van der Waals surface area contributed by atoms with Crippen LogP contribution in [0.4, 0.5) is 0 Å². The van der Waals surface area contributed by atoms with Crippen molar-refractivity contribution in [3.8, 4) is 0 Å². The van der Waals surface area contributed by atoms with E-state index in [9.17, 15) is 13.2 Å². The number of rotatable bonds is 6. The Labute approximate surface area is 116 Å². The van der Waals surface area contributed by atoms with Crippen molar-refractivity contribution in [3.05, 3.63) is 16.5 Å². The first kappa shape index (κ1) is 14.5. The number of hydrogen-bond donors (Lipinski definition) is 1. The molecular weight excluding hydrogens is 286 g/mol. The number of hydrogen-bond acceptors (Lipinski definition) is 4. The summed E-state index contributed by atoms with van der Waals surface area (Å²) in [6.45, 7) is 4.38. The zero-order chi connectivity index (χ0) is 14.2. The third-order valence-corrected chi connectivity index (χ3v) is 6.81. The zero-order valence-corrected chi connectivity index (χ0v) is 12.6. The molecule has 0 aromatic carbocycles. The van der Waals surface area contributed by atoms with Crippen LogP contribution in [-0.4, -0.2) is 36.9 Å². The number of aromatic carboxylic acids is 1. The zero-order valence-electron chi connectivity index (χ0n) is 10.9. The SMILES string of the molecule is CCN(CC1CC1)S(=O)(=O)c1cc(C)c(C(=O)O)s1. The third kappa shape index (κ3) is 2.98. The van der Waals surface area contributed by atoms with Crippen LogP contribution in [0.15, 0.2) is 10.3 Å². The molecule has 1 saturated carbocycles. The van der Waals surface area contributed by atoms with Crippen LogP contribution in [0.1, 0.15) is 35.0 Å². The standard InChI is InChI=1S/C12H17NO4S2/c1-3-13(7-9-4-5-9)19(16,17)10-6-8(2)11(18-10)12(14)15/h6,9H,3-5,7H2,1-2H3,(H,14,15).